The lowest BCUT2D eigenvalue weighted by Crippen LogP contribution is -2.14. The predicted octanol–water partition coefficient (Wildman–Crippen LogP) is 3.50. The Morgan fingerprint density at radius 2 is 1.92 bits per heavy atom. The number of nitrogens with zero attached hydrogens (tertiary/aromatic N) is 2. The lowest BCUT2D eigenvalue weighted by Gasteiger charge is -2.05. The normalized spacial score (nSPS) is 11.1. The van der Waals surface area contributed by atoms with Crippen LogP contribution >= 0.6 is 11.3 Å². The molecule has 1 aromatic carbocycles. The molecular formula is C14H10F3N3O5S. The van der Waals surface area contributed by atoms with Gasteiger partial charge in [-0.1, -0.05) is 11.3 Å². The largest absolute Gasteiger partial charge is 0.462 e. The highest BCUT2D eigenvalue weighted by Crippen LogP contribution is 2.36. The molecule has 26 heavy (non-hydrogen) atoms. The number of alkyl halides is 3. The molecule has 138 valence electrons. The van der Waals surface area contributed by atoms with E-state index in [-0.39, 0.29) is 17.9 Å². The van der Waals surface area contributed by atoms with Crippen LogP contribution in [0.2, 0.25) is 0 Å². The fourth-order valence-corrected chi connectivity index (χ4v) is 2.68. The van der Waals surface area contributed by atoms with Crippen molar-refractivity contribution in [2.75, 3.05) is 11.9 Å². The SMILES string of the molecule is CCOC(=O)c1sc(NC(=O)c2ccc([N+](=O)[O-])cc2)nc1C(F)(F)F. The molecule has 1 N–H and O–H groups in total. The van der Waals surface area contributed by atoms with Crippen LogP contribution in [0.15, 0.2) is 24.3 Å². The van der Waals surface area contributed by atoms with Gasteiger partial charge in [0.05, 0.1) is 11.5 Å². The number of nitrogens with one attached hydrogen (secondary N) is 1. The topological polar surface area (TPSA) is 111 Å². The molecule has 2 aromatic rings. The number of rotatable bonds is 5. The minimum Gasteiger partial charge on any atom is -0.462 e. The van der Waals surface area contributed by atoms with Gasteiger partial charge in [0.1, 0.15) is 4.88 Å². The second-order valence-corrected chi connectivity index (χ2v) is 5.67. The van der Waals surface area contributed by atoms with Crippen molar-refractivity contribution in [1.82, 2.24) is 4.98 Å². The number of carbonyl (C=O) groups is 2. The summed E-state index contributed by atoms with van der Waals surface area (Å²) in [5.74, 6) is -2.04. The van der Waals surface area contributed by atoms with Crippen LogP contribution in [0.1, 0.15) is 32.6 Å². The summed E-state index contributed by atoms with van der Waals surface area (Å²) in [6.07, 6.45) is -4.91. The number of nitro groups is 1. The molecule has 12 heteroatoms. The number of aromatic nitrogens is 1. The second kappa shape index (κ2) is 7.47. The maximum atomic E-state index is 13.0. The van der Waals surface area contributed by atoms with E-state index >= 15 is 0 Å². The van der Waals surface area contributed by atoms with E-state index in [1.165, 1.54) is 6.92 Å². The van der Waals surface area contributed by atoms with Crippen LogP contribution in [-0.4, -0.2) is 28.4 Å². The number of hydrogen-bond acceptors (Lipinski definition) is 7. The molecule has 0 spiro atoms. The third-order valence-corrected chi connectivity index (χ3v) is 3.87. The first kappa shape index (κ1) is 19.3. The van der Waals surface area contributed by atoms with Gasteiger partial charge in [-0.2, -0.15) is 13.2 Å². The minimum absolute atomic E-state index is 0.0305. The zero-order valence-electron chi connectivity index (χ0n) is 13.0. The van der Waals surface area contributed by atoms with Crippen molar-refractivity contribution < 1.29 is 32.4 Å². The monoisotopic (exact) mass is 389 g/mol. The first-order valence-electron chi connectivity index (χ1n) is 6.94. The van der Waals surface area contributed by atoms with Gasteiger partial charge in [0, 0.05) is 17.7 Å². The number of carbonyl (C=O) groups excluding carboxylic acids is 2. The van der Waals surface area contributed by atoms with Crippen molar-refractivity contribution in [3.8, 4) is 0 Å². The van der Waals surface area contributed by atoms with Crippen molar-refractivity contribution in [3.05, 3.63) is 50.5 Å². The van der Waals surface area contributed by atoms with E-state index < -0.39 is 38.7 Å². The van der Waals surface area contributed by atoms with Crippen LogP contribution in [-0.2, 0) is 10.9 Å². The molecule has 1 amide bonds. The van der Waals surface area contributed by atoms with Crippen LogP contribution in [0.5, 0.6) is 0 Å². The van der Waals surface area contributed by atoms with E-state index in [0.29, 0.717) is 11.3 Å². The maximum Gasteiger partial charge on any atom is 0.435 e. The third kappa shape index (κ3) is 4.33. The van der Waals surface area contributed by atoms with E-state index in [4.69, 9.17) is 0 Å². The molecule has 0 bridgehead atoms. The third-order valence-electron chi connectivity index (χ3n) is 2.92. The number of anilines is 1. The Bertz CT molecular complexity index is 849. The van der Waals surface area contributed by atoms with E-state index in [0.717, 1.165) is 24.3 Å². The van der Waals surface area contributed by atoms with Gasteiger partial charge >= 0.3 is 12.1 Å². The van der Waals surface area contributed by atoms with Crippen LogP contribution in [0.25, 0.3) is 0 Å². The zero-order chi connectivity index (χ0) is 19.5. The number of amides is 1. The summed E-state index contributed by atoms with van der Waals surface area (Å²) in [5.41, 5.74) is -1.74. The van der Waals surface area contributed by atoms with E-state index in [2.05, 4.69) is 15.0 Å². The quantitative estimate of drug-likeness (QED) is 0.476. The second-order valence-electron chi connectivity index (χ2n) is 4.67. The molecule has 2 rings (SSSR count). The number of hydrogen-bond donors (Lipinski definition) is 1. The van der Waals surface area contributed by atoms with Gasteiger partial charge in [0.15, 0.2) is 10.8 Å². The minimum atomic E-state index is -4.91. The molecule has 8 nitrogen and oxygen atoms in total. The summed E-state index contributed by atoms with van der Waals surface area (Å²) < 4.78 is 43.6. The lowest BCUT2D eigenvalue weighted by atomic mass is 10.2. The van der Waals surface area contributed by atoms with Gasteiger partial charge < -0.3 is 4.74 Å². The van der Waals surface area contributed by atoms with Crippen LogP contribution in [0.4, 0.5) is 24.0 Å². The fourth-order valence-electron chi connectivity index (χ4n) is 1.80. The molecule has 0 aliphatic heterocycles. The molecule has 0 unspecified atom stereocenters. The lowest BCUT2D eigenvalue weighted by molar-refractivity contribution is -0.384. The van der Waals surface area contributed by atoms with Crippen molar-refractivity contribution in [2.45, 2.75) is 13.1 Å². The molecule has 1 aromatic heterocycles. The number of nitro benzene ring substituents is 1. The van der Waals surface area contributed by atoms with Gasteiger partial charge in [-0.05, 0) is 19.1 Å². The van der Waals surface area contributed by atoms with Crippen LogP contribution < -0.4 is 5.32 Å². The molecule has 0 saturated carbocycles. The molecule has 0 saturated heterocycles. The summed E-state index contributed by atoms with van der Waals surface area (Å²) in [6, 6.07) is 4.42. The first-order chi connectivity index (χ1) is 12.1. The molecule has 1 heterocycles. The molecule has 0 aliphatic rings. The summed E-state index contributed by atoms with van der Waals surface area (Å²) in [5, 5.41) is 12.2. The molecular weight excluding hydrogens is 379 g/mol. The highest BCUT2D eigenvalue weighted by Gasteiger charge is 2.40. The number of esters is 1. The van der Waals surface area contributed by atoms with Gasteiger partial charge in [0.25, 0.3) is 11.6 Å². The number of ether oxygens (including phenoxy) is 1. The van der Waals surface area contributed by atoms with Gasteiger partial charge in [-0.25, -0.2) is 9.78 Å². The van der Waals surface area contributed by atoms with Crippen molar-refractivity contribution in [1.29, 1.82) is 0 Å². The van der Waals surface area contributed by atoms with Gasteiger partial charge in [0.2, 0.25) is 0 Å². The van der Waals surface area contributed by atoms with Crippen molar-refractivity contribution in [3.63, 3.8) is 0 Å². The van der Waals surface area contributed by atoms with Gasteiger partial charge in [-0.15, -0.1) is 0 Å². The van der Waals surface area contributed by atoms with Crippen LogP contribution in [0, 0.1) is 10.1 Å². The summed E-state index contributed by atoms with van der Waals surface area (Å²) in [7, 11) is 0. The van der Waals surface area contributed by atoms with Crippen molar-refractivity contribution in [2.24, 2.45) is 0 Å². The standard InChI is InChI=1S/C14H10F3N3O5S/c1-2-25-12(22)9-10(14(15,16)17)18-13(26-9)19-11(21)7-3-5-8(6-4-7)20(23)24/h3-6H,2H2,1H3,(H,18,19,21). The van der Waals surface area contributed by atoms with E-state index in [1.54, 1.807) is 0 Å². The Morgan fingerprint density at radius 1 is 1.31 bits per heavy atom. The molecule has 0 atom stereocenters. The Balaban J connectivity index is 2.27. The van der Waals surface area contributed by atoms with E-state index in [1.807, 2.05) is 0 Å². The maximum absolute atomic E-state index is 13.0. The predicted molar refractivity (Wildman–Crippen MR) is 84.1 cm³/mol. The summed E-state index contributed by atoms with van der Waals surface area (Å²) in [6.45, 7) is 1.31. The average Bonchev–Trinajstić information content (AvgIpc) is 2.99. The fraction of sp³-hybridized carbons (Fsp3) is 0.214. The smallest absolute Gasteiger partial charge is 0.435 e. The molecule has 0 radical (unpaired) electrons. The number of non-ortho nitro benzene ring substituents is 1. The van der Waals surface area contributed by atoms with E-state index in [9.17, 15) is 32.9 Å². The Hall–Kier alpha value is -3.02. The Labute approximate surface area is 147 Å². The molecule has 0 aliphatic carbocycles. The Kier molecular flexibility index (Phi) is 5.55. The van der Waals surface area contributed by atoms with Crippen LogP contribution in [0.3, 0.4) is 0 Å². The number of halogens is 3. The number of thiazole rings is 1. The number of benzene rings is 1. The zero-order valence-corrected chi connectivity index (χ0v) is 13.8. The van der Waals surface area contributed by atoms with Crippen molar-refractivity contribution >= 4 is 34.0 Å². The summed E-state index contributed by atoms with van der Waals surface area (Å²) >= 11 is 0.320. The Morgan fingerprint density at radius 3 is 2.42 bits per heavy atom. The first-order valence-corrected chi connectivity index (χ1v) is 7.76. The highest BCUT2D eigenvalue weighted by atomic mass is 32.1. The average molecular weight is 389 g/mol. The summed E-state index contributed by atoms with van der Waals surface area (Å²) in [4.78, 5) is 36.1. The highest BCUT2D eigenvalue weighted by molar-refractivity contribution is 7.17. The van der Waals surface area contributed by atoms with Gasteiger partial charge in [-0.3, -0.25) is 20.2 Å². The molecule has 0 fully saturated rings.